The molecule has 160 valence electrons. The monoisotopic (exact) mass is 416 g/mol. The number of nitrogens with one attached hydrogen (secondary N) is 1. The maximum Gasteiger partial charge on any atom is 0.255 e. The number of pyridine rings is 1. The third-order valence-electron chi connectivity index (χ3n) is 5.30. The van der Waals surface area contributed by atoms with Crippen LogP contribution in [-0.2, 0) is 6.42 Å². The van der Waals surface area contributed by atoms with Crippen LogP contribution in [0.2, 0.25) is 0 Å². The molecule has 0 saturated carbocycles. The minimum Gasteiger partial charge on any atom is -0.372 e. The largest absolute Gasteiger partial charge is 0.372 e. The second kappa shape index (κ2) is 9.89. The number of hydrogen-bond donors (Lipinski definition) is 2. The summed E-state index contributed by atoms with van der Waals surface area (Å²) in [5, 5.41) is 3.01. The Morgan fingerprint density at radius 2 is 1.74 bits per heavy atom. The molecule has 3 rings (SSSR count). The van der Waals surface area contributed by atoms with Crippen molar-refractivity contribution < 1.29 is 9.59 Å². The van der Waals surface area contributed by atoms with E-state index in [4.69, 9.17) is 5.73 Å². The number of aryl methyl sites for hydroxylation is 1. The van der Waals surface area contributed by atoms with Gasteiger partial charge in [-0.15, -0.1) is 0 Å². The van der Waals surface area contributed by atoms with Crippen molar-refractivity contribution in [3.05, 3.63) is 77.5 Å². The zero-order chi connectivity index (χ0) is 22.4. The van der Waals surface area contributed by atoms with Crippen LogP contribution in [0.25, 0.3) is 11.3 Å². The first-order chi connectivity index (χ1) is 15.0. The molecule has 31 heavy (non-hydrogen) atoms. The first-order valence-corrected chi connectivity index (χ1v) is 10.5. The van der Waals surface area contributed by atoms with Crippen LogP contribution in [0.15, 0.2) is 60.8 Å². The molecule has 2 aromatic carbocycles. The van der Waals surface area contributed by atoms with Crippen LogP contribution in [0.5, 0.6) is 0 Å². The molecule has 0 atom stereocenters. The average Bonchev–Trinajstić information content (AvgIpc) is 2.80. The van der Waals surface area contributed by atoms with Crippen molar-refractivity contribution in [1.82, 2.24) is 4.98 Å². The fraction of sp³-hybridized carbons (Fsp3) is 0.240. The number of amides is 2. The Morgan fingerprint density at radius 1 is 0.968 bits per heavy atom. The van der Waals surface area contributed by atoms with E-state index in [9.17, 15) is 9.59 Å². The zero-order valence-electron chi connectivity index (χ0n) is 18.2. The highest BCUT2D eigenvalue weighted by atomic mass is 16.2. The summed E-state index contributed by atoms with van der Waals surface area (Å²) in [6.07, 6.45) is 2.41. The Balaban J connectivity index is 2.05. The van der Waals surface area contributed by atoms with Crippen LogP contribution < -0.4 is 16.0 Å². The number of carbonyl (C=O) groups is 2. The van der Waals surface area contributed by atoms with Crippen molar-refractivity contribution in [2.24, 2.45) is 5.73 Å². The van der Waals surface area contributed by atoms with E-state index in [1.807, 2.05) is 36.4 Å². The lowest BCUT2D eigenvalue weighted by atomic mass is 10.0. The molecule has 0 aliphatic heterocycles. The summed E-state index contributed by atoms with van der Waals surface area (Å²) in [4.78, 5) is 31.3. The molecule has 0 aliphatic carbocycles. The highest BCUT2D eigenvalue weighted by molar-refractivity contribution is 6.06. The van der Waals surface area contributed by atoms with E-state index < -0.39 is 5.91 Å². The highest BCUT2D eigenvalue weighted by Crippen LogP contribution is 2.32. The summed E-state index contributed by atoms with van der Waals surface area (Å²) in [6.45, 7) is 7.93. The molecule has 0 bridgehead atoms. The number of anilines is 2. The maximum absolute atomic E-state index is 13.0. The Kier molecular flexibility index (Phi) is 7.03. The smallest absolute Gasteiger partial charge is 0.255 e. The molecular weight excluding hydrogens is 388 g/mol. The second-order valence-electron chi connectivity index (χ2n) is 7.20. The molecule has 0 saturated heterocycles. The summed E-state index contributed by atoms with van der Waals surface area (Å²) in [5.41, 5.74) is 10.5. The summed E-state index contributed by atoms with van der Waals surface area (Å²) in [6, 6.07) is 16.6. The predicted octanol–water partition coefficient (Wildman–Crippen LogP) is 4.51. The number of hydrogen-bond acceptors (Lipinski definition) is 4. The first-order valence-electron chi connectivity index (χ1n) is 10.5. The van der Waals surface area contributed by atoms with Gasteiger partial charge in [0.15, 0.2) is 0 Å². The van der Waals surface area contributed by atoms with Crippen molar-refractivity contribution in [2.45, 2.75) is 27.2 Å². The molecule has 0 aliphatic rings. The van der Waals surface area contributed by atoms with Gasteiger partial charge in [-0.2, -0.15) is 0 Å². The van der Waals surface area contributed by atoms with E-state index in [2.05, 4.69) is 36.0 Å². The molecular formula is C25H28N4O2. The third-order valence-corrected chi connectivity index (χ3v) is 5.30. The van der Waals surface area contributed by atoms with Crippen molar-refractivity contribution in [2.75, 3.05) is 23.3 Å². The van der Waals surface area contributed by atoms with E-state index >= 15 is 0 Å². The minimum atomic E-state index is -0.523. The van der Waals surface area contributed by atoms with E-state index in [1.165, 1.54) is 0 Å². The molecule has 1 aromatic heterocycles. The Bertz CT molecular complexity index is 1090. The summed E-state index contributed by atoms with van der Waals surface area (Å²) in [5.74, 6) is -0.719. The van der Waals surface area contributed by atoms with Gasteiger partial charge in [0.1, 0.15) is 0 Å². The van der Waals surface area contributed by atoms with Crippen LogP contribution in [0.1, 0.15) is 47.1 Å². The number of nitrogens with zero attached hydrogens (tertiary/aromatic N) is 2. The number of nitrogens with two attached hydrogens (primary N) is 1. The molecule has 0 spiro atoms. The van der Waals surface area contributed by atoms with Gasteiger partial charge < -0.3 is 16.0 Å². The first kappa shape index (κ1) is 22.0. The van der Waals surface area contributed by atoms with Gasteiger partial charge >= 0.3 is 0 Å². The van der Waals surface area contributed by atoms with Gasteiger partial charge in [-0.3, -0.25) is 14.6 Å². The molecule has 3 N–H and O–H groups in total. The lowest BCUT2D eigenvalue weighted by molar-refractivity contribution is 0.0997. The number of carbonyl (C=O) groups excluding carboxylic acids is 2. The lowest BCUT2D eigenvalue weighted by Gasteiger charge is -2.23. The quantitative estimate of drug-likeness (QED) is 0.566. The van der Waals surface area contributed by atoms with Crippen LogP contribution >= 0.6 is 0 Å². The fourth-order valence-electron chi connectivity index (χ4n) is 3.50. The number of rotatable bonds is 8. The van der Waals surface area contributed by atoms with Crippen molar-refractivity contribution in [1.29, 1.82) is 0 Å². The molecule has 6 heteroatoms. The summed E-state index contributed by atoms with van der Waals surface area (Å²) in [7, 11) is 0. The van der Waals surface area contributed by atoms with Crippen molar-refractivity contribution in [3.63, 3.8) is 0 Å². The van der Waals surface area contributed by atoms with Gasteiger partial charge in [-0.25, -0.2) is 0 Å². The van der Waals surface area contributed by atoms with Gasteiger partial charge in [-0.05, 0) is 68.3 Å². The number of primary amides is 1. The van der Waals surface area contributed by atoms with Crippen LogP contribution in [0.3, 0.4) is 0 Å². The van der Waals surface area contributed by atoms with E-state index in [0.717, 1.165) is 36.3 Å². The normalized spacial score (nSPS) is 10.5. The molecule has 0 fully saturated rings. The summed E-state index contributed by atoms with van der Waals surface area (Å²) >= 11 is 0. The maximum atomic E-state index is 13.0. The molecule has 6 nitrogen and oxygen atoms in total. The van der Waals surface area contributed by atoms with Crippen LogP contribution in [-0.4, -0.2) is 29.9 Å². The fourth-order valence-corrected chi connectivity index (χ4v) is 3.50. The Morgan fingerprint density at radius 3 is 2.42 bits per heavy atom. The van der Waals surface area contributed by atoms with Crippen LogP contribution in [0.4, 0.5) is 11.4 Å². The minimum absolute atomic E-state index is 0.196. The van der Waals surface area contributed by atoms with E-state index in [1.54, 1.807) is 24.4 Å². The van der Waals surface area contributed by atoms with E-state index in [0.29, 0.717) is 22.5 Å². The van der Waals surface area contributed by atoms with Gasteiger partial charge in [0.05, 0.1) is 11.4 Å². The highest BCUT2D eigenvalue weighted by Gasteiger charge is 2.15. The average molecular weight is 417 g/mol. The Labute approximate surface area is 183 Å². The van der Waals surface area contributed by atoms with Gasteiger partial charge in [0.25, 0.3) is 5.91 Å². The van der Waals surface area contributed by atoms with E-state index in [-0.39, 0.29) is 5.91 Å². The van der Waals surface area contributed by atoms with Gasteiger partial charge in [0, 0.05) is 41.7 Å². The standard InChI is InChI=1S/C25H28N4O2/c1-4-17-8-7-9-19(14-17)25(31)28-22-11-10-20(29(5-2)6-3)16-21(22)23-15-18(24(26)30)12-13-27-23/h7-16H,4-6H2,1-3H3,(H2,26,30)(H,28,31). The van der Waals surface area contributed by atoms with Crippen molar-refractivity contribution in [3.8, 4) is 11.3 Å². The second-order valence-corrected chi connectivity index (χ2v) is 7.20. The molecule has 0 unspecified atom stereocenters. The Hall–Kier alpha value is -3.67. The zero-order valence-corrected chi connectivity index (χ0v) is 18.2. The number of benzene rings is 2. The predicted molar refractivity (Wildman–Crippen MR) is 126 cm³/mol. The molecule has 3 aromatic rings. The topological polar surface area (TPSA) is 88.3 Å². The third kappa shape index (κ3) is 5.09. The molecule has 2 amide bonds. The number of aromatic nitrogens is 1. The summed E-state index contributed by atoms with van der Waals surface area (Å²) < 4.78 is 0. The molecule has 0 radical (unpaired) electrons. The SMILES string of the molecule is CCc1cccc(C(=O)Nc2ccc(N(CC)CC)cc2-c2cc(C(N)=O)ccn2)c1. The molecule has 1 heterocycles. The van der Waals surface area contributed by atoms with Crippen molar-refractivity contribution >= 4 is 23.2 Å². The van der Waals surface area contributed by atoms with Crippen LogP contribution in [0, 0.1) is 0 Å². The van der Waals surface area contributed by atoms with Gasteiger partial charge in [-0.1, -0.05) is 19.1 Å². The lowest BCUT2D eigenvalue weighted by Crippen LogP contribution is -2.22. The van der Waals surface area contributed by atoms with Gasteiger partial charge in [0.2, 0.25) is 5.91 Å².